The highest BCUT2D eigenvalue weighted by Gasteiger charge is 2.25. The highest BCUT2D eigenvalue weighted by molar-refractivity contribution is 5.52. The van der Waals surface area contributed by atoms with Crippen LogP contribution in [0.25, 0.3) is 0 Å². The summed E-state index contributed by atoms with van der Waals surface area (Å²) in [4.78, 5) is 11.0. The molecule has 0 bridgehead atoms. The van der Waals surface area contributed by atoms with Crippen molar-refractivity contribution < 1.29 is 9.47 Å². The molecule has 0 spiro atoms. The Morgan fingerprint density at radius 3 is 2.88 bits per heavy atom. The van der Waals surface area contributed by atoms with Gasteiger partial charge in [-0.3, -0.25) is 0 Å². The number of benzene rings is 1. The molecule has 2 aliphatic heterocycles. The molecular weight excluding hydrogens is 318 g/mol. The first-order valence-corrected chi connectivity index (χ1v) is 8.66. The van der Waals surface area contributed by atoms with E-state index in [-0.39, 0.29) is 6.10 Å². The molecule has 0 aliphatic carbocycles. The van der Waals surface area contributed by atoms with Gasteiger partial charge in [0.25, 0.3) is 0 Å². The van der Waals surface area contributed by atoms with Gasteiger partial charge in [0, 0.05) is 25.6 Å². The van der Waals surface area contributed by atoms with Gasteiger partial charge in [0.1, 0.15) is 12.4 Å². The first-order chi connectivity index (χ1) is 12.2. The Hall–Kier alpha value is -2.54. The molecule has 25 heavy (non-hydrogen) atoms. The highest BCUT2D eigenvalue weighted by Crippen LogP contribution is 2.31. The SMILES string of the molecule is CN(C[C@H]1COc2ccccc2O1)c1nc(N)nc2c1CCNCC2. The minimum absolute atomic E-state index is 0.0596. The molecule has 1 aromatic carbocycles. The van der Waals surface area contributed by atoms with E-state index in [4.69, 9.17) is 15.2 Å². The zero-order valence-electron chi connectivity index (χ0n) is 14.4. The third-order valence-corrected chi connectivity index (χ3v) is 4.59. The van der Waals surface area contributed by atoms with Gasteiger partial charge >= 0.3 is 0 Å². The lowest BCUT2D eigenvalue weighted by atomic mass is 10.1. The summed E-state index contributed by atoms with van der Waals surface area (Å²) in [7, 11) is 2.02. The number of fused-ring (bicyclic) bond motifs is 2. The van der Waals surface area contributed by atoms with Gasteiger partial charge in [-0.05, 0) is 25.1 Å². The summed E-state index contributed by atoms with van der Waals surface area (Å²) >= 11 is 0. The summed E-state index contributed by atoms with van der Waals surface area (Å²) in [5.74, 6) is 2.81. The molecule has 4 rings (SSSR count). The van der Waals surface area contributed by atoms with Crippen LogP contribution in [0.2, 0.25) is 0 Å². The molecule has 1 aromatic heterocycles. The van der Waals surface area contributed by atoms with Crippen LogP contribution in [-0.2, 0) is 12.8 Å². The fourth-order valence-electron chi connectivity index (χ4n) is 3.40. The van der Waals surface area contributed by atoms with Crippen molar-refractivity contribution in [2.24, 2.45) is 0 Å². The van der Waals surface area contributed by atoms with E-state index >= 15 is 0 Å². The van der Waals surface area contributed by atoms with E-state index < -0.39 is 0 Å². The van der Waals surface area contributed by atoms with Crippen LogP contribution in [0.1, 0.15) is 11.3 Å². The monoisotopic (exact) mass is 341 g/mol. The summed E-state index contributed by atoms with van der Waals surface area (Å²) in [6, 6.07) is 7.75. The van der Waals surface area contributed by atoms with Gasteiger partial charge in [-0.15, -0.1) is 0 Å². The Morgan fingerprint density at radius 2 is 2.00 bits per heavy atom. The third-order valence-electron chi connectivity index (χ3n) is 4.59. The Labute approximate surface area is 147 Å². The van der Waals surface area contributed by atoms with Gasteiger partial charge in [-0.25, -0.2) is 4.98 Å². The van der Waals surface area contributed by atoms with Crippen molar-refractivity contribution in [3.05, 3.63) is 35.5 Å². The zero-order chi connectivity index (χ0) is 17.2. The second-order valence-corrected chi connectivity index (χ2v) is 6.46. The number of ether oxygens (including phenoxy) is 2. The number of likely N-dealkylation sites (N-methyl/N-ethyl adjacent to an activating group) is 1. The topological polar surface area (TPSA) is 85.5 Å². The van der Waals surface area contributed by atoms with Gasteiger partial charge in [0.05, 0.1) is 12.2 Å². The molecule has 2 aliphatic rings. The average molecular weight is 341 g/mol. The van der Waals surface area contributed by atoms with E-state index in [1.807, 2.05) is 31.3 Å². The van der Waals surface area contributed by atoms with Gasteiger partial charge in [0.15, 0.2) is 17.6 Å². The predicted octanol–water partition coefficient (Wildman–Crippen LogP) is 1.02. The first-order valence-electron chi connectivity index (χ1n) is 8.66. The smallest absolute Gasteiger partial charge is 0.222 e. The fourth-order valence-corrected chi connectivity index (χ4v) is 3.40. The zero-order valence-corrected chi connectivity index (χ0v) is 14.4. The number of nitrogens with two attached hydrogens (primary N) is 1. The molecule has 3 N–H and O–H groups in total. The molecule has 0 unspecified atom stereocenters. The first kappa shape index (κ1) is 16.0. The van der Waals surface area contributed by atoms with Crippen molar-refractivity contribution in [1.82, 2.24) is 15.3 Å². The summed E-state index contributed by atoms with van der Waals surface area (Å²) < 4.78 is 11.9. The normalized spacial score (nSPS) is 19.0. The summed E-state index contributed by atoms with van der Waals surface area (Å²) in [5, 5.41) is 3.40. The quantitative estimate of drug-likeness (QED) is 0.862. The Bertz CT molecular complexity index is 767. The molecule has 0 fully saturated rings. The molecule has 7 nitrogen and oxygen atoms in total. The number of hydrogen-bond donors (Lipinski definition) is 2. The van der Waals surface area contributed by atoms with Crippen LogP contribution in [0.5, 0.6) is 11.5 Å². The maximum absolute atomic E-state index is 6.07. The van der Waals surface area contributed by atoms with Crippen LogP contribution in [0, 0.1) is 0 Å². The number of aromatic nitrogens is 2. The standard InChI is InChI=1S/C18H23N5O2/c1-23(10-12-11-24-15-4-2-3-5-16(15)25-12)17-13-6-8-20-9-7-14(13)21-18(19)22-17/h2-5,12,20H,6-11H2,1H3,(H2,19,21,22)/t12-/m0/s1. The minimum Gasteiger partial charge on any atom is -0.486 e. The van der Waals surface area contributed by atoms with Gasteiger partial charge in [0.2, 0.25) is 5.95 Å². The second-order valence-electron chi connectivity index (χ2n) is 6.46. The van der Waals surface area contributed by atoms with Gasteiger partial charge < -0.3 is 25.4 Å². The van der Waals surface area contributed by atoms with Crippen LogP contribution < -0.4 is 25.4 Å². The molecule has 0 saturated heterocycles. The summed E-state index contributed by atoms with van der Waals surface area (Å²) in [6.07, 6.45) is 1.72. The van der Waals surface area contributed by atoms with Crippen molar-refractivity contribution in [1.29, 1.82) is 0 Å². The van der Waals surface area contributed by atoms with E-state index in [0.29, 0.717) is 19.1 Å². The molecule has 3 heterocycles. The maximum Gasteiger partial charge on any atom is 0.222 e. The van der Waals surface area contributed by atoms with Gasteiger partial charge in [-0.2, -0.15) is 4.98 Å². The summed E-state index contributed by atoms with van der Waals surface area (Å²) in [5.41, 5.74) is 8.17. The number of hydrogen-bond acceptors (Lipinski definition) is 7. The number of para-hydroxylation sites is 2. The Kier molecular flexibility index (Phi) is 4.31. The maximum atomic E-state index is 6.07. The van der Waals surface area contributed by atoms with Crippen LogP contribution in [-0.4, -0.2) is 49.4 Å². The van der Waals surface area contributed by atoms with Gasteiger partial charge in [-0.1, -0.05) is 12.1 Å². The van der Waals surface area contributed by atoms with Crippen molar-refractivity contribution in [2.75, 3.05) is 43.9 Å². The molecular formula is C18H23N5O2. The van der Waals surface area contributed by atoms with Crippen molar-refractivity contribution >= 4 is 11.8 Å². The van der Waals surface area contributed by atoms with Crippen LogP contribution in [0.15, 0.2) is 24.3 Å². The lowest BCUT2D eigenvalue weighted by Crippen LogP contribution is -2.40. The number of anilines is 2. The summed E-state index contributed by atoms with van der Waals surface area (Å²) in [6.45, 7) is 3.04. The van der Waals surface area contributed by atoms with Crippen molar-refractivity contribution in [3.63, 3.8) is 0 Å². The second kappa shape index (κ2) is 6.76. The largest absolute Gasteiger partial charge is 0.486 e. The number of nitrogens with one attached hydrogen (secondary N) is 1. The predicted molar refractivity (Wildman–Crippen MR) is 96.3 cm³/mol. The van der Waals surface area contributed by atoms with Crippen LogP contribution >= 0.6 is 0 Å². The van der Waals surface area contributed by atoms with Crippen LogP contribution in [0.4, 0.5) is 11.8 Å². The molecule has 0 amide bonds. The number of nitrogens with zero attached hydrogens (tertiary/aromatic N) is 3. The Morgan fingerprint density at radius 1 is 1.20 bits per heavy atom. The molecule has 0 saturated carbocycles. The van der Waals surface area contributed by atoms with E-state index in [0.717, 1.165) is 48.9 Å². The number of rotatable bonds is 3. The lowest BCUT2D eigenvalue weighted by Gasteiger charge is -2.31. The fraction of sp³-hybridized carbons (Fsp3) is 0.444. The highest BCUT2D eigenvalue weighted by atomic mass is 16.6. The number of nitrogen functional groups attached to an aromatic ring is 1. The van der Waals surface area contributed by atoms with E-state index in [1.165, 1.54) is 5.56 Å². The third kappa shape index (κ3) is 3.32. The van der Waals surface area contributed by atoms with E-state index in [2.05, 4.69) is 20.2 Å². The molecule has 7 heteroatoms. The lowest BCUT2D eigenvalue weighted by molar-refractivity contribution is 0.0959. The van der Waals surface area contributed by atoms with E-state index in [9.17, 15) is 0 Å². The van der Waals surface area contributed by atoms with Crippen LogP contribution in [0.3, 0.4) is 0 Å². The molecule has 1 atom stereocenters. The molecule has 0 radical (unpaired) electrons. The minimum atomic E-state index is -0.0596. The molecule has 2 aromatic rings. The molecule has 132 valence electrons. The van der Waals surface area contributed by atoms with Crippen molar-refractivity contribution in [3.8, 4) is 11.5 Å². The van der Waals surface area contributed by atoms with E-state index in [1.54, 1.807) is 0 Å². The average Bonchev–Trinajstić information content (AvgIpc) is 2.86. The van der Waals surface area contributed by atoms with Crippen molar-refractivity contribution in [2.45, 2.75) is 18.9 Å². The Balaban J connectivity index is 1.54.